The molecule has 65 heavy (non-hydrogen) atoms. The van der Waals surface area contributed by atoms with Gasteiger partial charge in [-0.1, -0.05) is 171 Å². The molecule has 0 unspecified atom stereocenters. The van der Waals surface area contributed by atoms with Crippen LogP contribution in [0.4, 0.5) is 0 Å². The molecular formula is C59H55N5O. The number of hydrogen-bond donors (Lipinski definition) is 0. The second kappa shape index (κ2) is 15.7. The van der Waals surface area contributed by atoms with Gasteiger partial charge in [0.25, 0.3) is 6.33 Å². The lowest BCUT2D eigenvalue weighted by molar-refractivity contribution is -0.571. The highest BCUT2D eigenvalue weighted by molar-refractivity contribution is 6.09. The first-order chi connectivity index (χ1) is 35.3. The zero-order valence-electron chi connectivity index (χ0n) is 48.0. The molecule has 0 aliphatic rings. The maximum absolute atomic E-state index is 9.46. The molecule has 10 rings (SSSR count). The van der Waals surface area contributed by atoms with Crippen molar-refractivity contribution in [3.05, 3.63) is 193 Å². The van der Waals surface area contributed by atoms with Crippen LogP contribution in [0.1, 0.15) is 92.7 Å². The van der Waals surface area contributed by atoms with Crippen LogP contribution in [0.15, 0.2) is 170 Å². The van der Waals surface area contributed by atoms with Crippen LogP contribution < -0.4 is 9.30 Å². The summed E-state index contributed by atoms with van der Waals surface area (Å²) in [7, 11) is 0. The van der Waals surface area contributed by atoms with Crippen LogP contribution in [0.25, 0.3) is 72.4 Å². The van der Waals surface area contributed by atoms with Crippen molar-refractivity contribution in [1.29, 1.82) is 0 Å². The molecule has 0 atom stereocenters. The summed E-state index contributed by atoms with van der Waals surface area (Å²) in [6, 6.07) is 26.0. The van der Waals surface area contributed by atoms with E-state index in [1.54, 1.807) is 27.5 Å². The van der Waals surface area contributed by atoms with E-state index in [4.69, 9.17) is 22.9 Å². The highest BCUT2D eigenvalue weighted by atomic mass is 16.5. The number of para-hydroxylation sites is 3. The maximum atomic E-state index is 9.46. The Balaban J connectivity index is 1.24. The van der Waals surface area contributed by atoms with Gasteiger partial charge < -0.3 is 4.74 Å². The molecule has 4 heterocycles. The molecule has 0 radical (unpaired) electrons. The van der Waals surface area contributed by atoms with Gasteiger partial charge in [0.1, 0.15) is 17.3 Å². The number of hydrogen-bond acceptors (Lipinski definition) is 3. The number of nitrogens with zero attached hydrogens (tertiary/aromatic N) is 5. The molecule has 0 fully saturated rings. The molecule has 0 aliphatic carbocycles. The first-order valence-electron chi connectivity index (χ1n) is 26.8. The summed E-state index contributed by atoms with van der Waals surface area (Å²) in [4.78, 5) is 9.67. The first kappa shape index (κ1) is 31.5. The van der Waals surface area contributed by atoms with E-state index in [1.165, 1.54) is 0 Å². The second-order valence-corrected chi connectivity index (χ2v) is 19.5. The van der Waals surface area contributed by atoms with Crippen LogP contribution in [-0.4, -0.2) is 19.1 Å². The molecule has 0 N–H and O–H groups in total. The number of pyridine rings is 2. The normalized spacial score (nSPS) is 14.5. The van der Waals surface area contributed by atoms with Crippen LogP contribution >= 0.6 is 0 Å². The number of rotatable bonds is 7. The van der Waals surface area contributed by atoms with Gasteiger partial charge in [-0.25, -0.2) is 4.98 Å². The van der Waals surface area contributed by atoms with Crippen molar-refractivity contribution in [3.8, 4) is 51.1 Å². The van der Waals surface area contributed by atoms with Crippen molar-refractivity contribution < 1.29 is 23.0 Å². The lowest BCUT2D eigenvalue weighted by Gasteiger charge is -2.33. The van der Waals surface area contributed by atoms with Gasteiger partial charge in [-0.05, 0) is 91.6 Å². The van der Waals surface area contributed by atoms with Gasteiger partial charge in [-0.3, -0.25) is 18.7 Å². The number of imidazole rings is 1. The Morgan fingerprint density at radius 1 is 0.538 bits per heavy atom. The molecule has 0 saturated heterocycles. The average molecular weight is 860 g/mol. The summed E-state index contributed by atoms with van der Waals surface area (Å²) in [6.07, 6.45) is 7.00. The zero-order chi connectivity index (χ0) is 54.0. The lowest BCUT2D eigenvalue weighted by Crippen LogP contribution is -2.34. The first-order valence-corrected chi connectivity index (χ1v) is 21.8. The fraction of sp³-hybridized carbons (Fsp3) is 0.203. The number of aromatic nitrogens is 5. The van der Waals surface area contributed by atoms with Gasteiger partial charge in [-0.15, -0.1) is 0 Å². The van der Waals surface area contributed by atoms with Crippen molar-refractivity contribution in [1.82, 2.24) is 19.1 Å². The van der Waals surface area contributed by atoms with E-state index in [1.807, 2.05) is 114 Å². The lowest BCUT2D eigenvalue weighted by atomic mass is 9.73. The van der Waals surface area contributed by atoms with E-state index in [9.17, 15) is 5.48 Å². The van der Waals surface area contributed by atoms with Crippen LogP contribution in [0.3, 0.4) is 0 Å². The van der Waals surface area contributed by atoms with E-state index in [0.29, 0.717) is 39.5 Å². The van der Waals surface area contributed by atoms with Crippen LogP contribution in [0.2, 0.25) is 0 Å². The number of fused-ring (bicyclic) bond motifs is 4. The number of ether oxygens (including phenoxy) is 1. The molecule has 0 aliphatic heterocycles. The molecule has 4 aromatic heterocycles. The average Bonchev–Trinajstić information content (AvgIpc) is 3.92. The van der Waals surface area contributed by atoms with E-state index in [0.717, 1.165) is 33.2 Å². The smallest absolute Gasteiger partial charge is 0.271 e. The van der Waals surface area contributed by atoms with Gasteiger partial charge in [0.15, 0.2) is 5.82 Å². The van der Waals surface area contributed by atoms with Crippen molar-refractivity contribution in [2.24, 2.45) is 0 Å². The standard InChI is InChI=1S/C59H55N5O/c1-57(2,3)41-30-32-61-53(34-41)64-48-25-17-16-24-44(48)45-29-28-42(35-51(45)64)65-43-31-33-60-52(36-43)62-38-63(50-27-19-18-26-49(50)62)56-54(39-20-12-10-13-21-39)46(58(4,5)6)37-47(59(7,8)9)55(56)40-22-14-11-15-23-40/h10-37H,1-9H3/i10D,11D,12D,13D,14D,15D,20D,21D,22D,23D. The van der Waals surface area contributed by atoms with E-state index in [2.05, 4.69) is 49.9 Å². The summed E-state index contributed by atoms with van der Waals surface area (Å²) in [6.45, 7) is 18.3. The summed E-state index contributed by atoms with van der Waals surface area (Å²) in [5.74, 6) is 2.19. The van der Waals surface area contributed by atoms with Crippen molar-refractivity contribution in [2.75, 3.05) is 0 Å². The molecule has 0 amide bonds. The van der Waals surface area contributed by atoms with E-state index >= 15 is 0 Å². The Hall–Kier alpha value is -7.31. The topological polar surface area (TPSA) is 48.8 Å². The molecular weight excluding hydrogens is 795 g/mol. The highest BCUT2D eigenvalue weighted by Gasteiger charge is 2.32. The van der Waals surface area contributed by atoms with Crippen molar-refractivity contribution >= 4 is 32.8 Å². The van der Waals surface area contributed by atoms with Crippen molar-refractivity contribution in [2.45, 2.75) is 78.6 Å². The fourth-order valence-corrected chi connectivity index (χ4v) is 8.72. The molecule has 6 heteroatoms. The van der Waals surface area contributed by atoms with Crippen molar-refractivity contribution in [3.63, 3.8) is 0 Å². The van der Waals surface area contributed by atoms with Gasteiger partial charge in [0, 0.05) is 35.3 Å². The Labute approximate surface area is 396 Å². The highest BCUT2D eigenvalue weighted by Crippen LogP contribution is 2.46. The monoisotopic (exact) mass is 860 g/mol. The largest absolute Gasteiger partial charge is 0.458 e. The zero-order valence-corrected chi connectivity index (χ0v) is 38.0. The fourth-order valence-electron chi connectivity index (χ4n) is 8.72. The second-order valence-electron chi connectivity index (χ2n) is 19.5. The summed E-state index contributed by atoms with van der Waals surface area (Å²) < 4.78 is 103. The number of benzene rings is 6. The van der Waals surface area contributed by atoms with E-state index < -0.39 is 71.3 Å². The Bertz CT molecular complexity index is 3840. The van der Waals surface area contributed by atoms with Gasteiger partial charge in [0.2, 0.25) is 0 Å². The minimum absolute atomic E-state index is 0.101. The van der Waals surface area contributed by atoms with Gasteiger partial charge in [-0.2, -0.15) is 0 Å². The van der Waals surface area contributed by atoms with E-state index in [-0.39, 0.29) is 33.4 Å². The minimum atomic E-state index is -0.762. The molecule has 0 spiro atoms. The van der Waals surface area contributed by atoms with Crippen LogP contribution in [-0.2, 0) is 16.2 Å². The third-order valence-corrected chi connectivity index (χ3v) is 11.9. The summed E-state index contributed by atoms with van der Waals surface area (Å²) in [5.41, 5.74) is 4.16. The minimum Gasteiger partial charge on any atom is -0.458 e. The molecule has 10 aromatic rings. The summed E-state index contributed by atoms with van der Waals surface area (Å²) in [5, 5.41) is 2.11. The maximum Gasteiger partial charge on any atom is 0.271 e. The SMILES string of the molecule is [2H]c1c([2H])c([2H])c(-c2c(C(C)(C)C)cc(C(C)(C)C)c(-c3c([2H])c([2H])c([2H])c([2H])c3[2H])c2-[n+]2[c-]n(-c3cc(Oc4ccc5c6ccccc6n(-c6cc(C(C)(C)C)ccn6)c5c4)ccn3)c3ccccc32)c([2H])c1[2H]. The Kier molecular flexibility index (Phi) is 7.63. The van der Waals surface area contributed by atoms with Gasteiger partial charge in [0.05, 0.1) is 41.5 Å². The molecule has 6 aromatic carbocycles. The third kappa shape index (κ3) is 7.57. The molecule has 0 bridgehead atoms. The van der Waals surface area contributed by atoms with Crippen LogP contribution in [0, 0.1) is 6.33 Å². The summed E-state index contributed by atoms with van der Waals surface area (Å²) >= 11 is 0. The Morgan fingerprint density at radius 3 is 1.75 bits per heavy atom. The quantitative estimate of drug-likeness (QED) is 0.118. The third-order valence-electron chi connectivity index (χ3n) is 11.9. The molecule has 0 saturated carbocycles. The van der Waals surface area contributed by atoms with Crippen LogP contribution in [0.5, 0.6) is 11.5 Å². The van der Waals surface area contributed by atoms with Gasteiger partial charge >= 0.3 is 0 Å². The predicted molar refractivity (Wildman–Crippen MR) is 267 cm³/mol. The predicted octanol–water partition coefficient (Wildman–Crippen LogP) is 14.6. The molecule has 6 nitrogen and oxygen atoms in total. The molecule has 322 valence electrons. The Morgan fingerprint density at radius 2 is 1.11 bits per heavy atom.